The van der Waals surface area contributed by atoms with Crippen molar-refractivity contribution in [3.63, 3.8) is 0 Å². The van der Waals surface area contributed by atoms with Crippen LogP contribution in [0, 0.1) is 11.8 Å². The highest BCUT2D eigenvalue weighted by Crippen LogP contribution is 2.46. The van der Waals surface area contributed by atoms with Crippen molar-refractivity contribution in [1.29, 1.82) is 0 Å². The zero-order valence-corrected chi connectivity index (χ0v) is 52.0. The SMILES string of the molecule is CB(C(C)C(C)C)C(C)C(C)C.CB(O)O.CB(O)O.CB1C2CCCC1CCC2.CB1OC(C)(C)C(C)(C)O1.CB1OC(C)(C)C(C)(C)O1.CB1Oc2ccccc2O1.CC.CC.C[B]C1CCCCC1. The fourth-order valence-corrected chi connectivity index (χ4v) is 9.47. The van der Waals surface area contributed by atoms with E-state index in [-0.39, 0.29) is 43.8 Å². The number of para-hydroxylation sites is 2. The lowest BCUT2D eigenvalue weighted by Gasteiger charge is -2.38. The van der Waals surface area contributed by atoms with Gasteiger partial charge in [0.1, 0.15) is 32.2 Å². The molecule has 1 aromatic carbocycles. The van der Waals surface area contributed by atoms with E-state index in [1.165, 1.54) is 84.3 Å². The molecule has 1 saturated carbocycles. The molecule has 1 aliphatic carbocycles. The van der Waals surface area contributed by atoms with E-state index in [0.29, 0.717) is 0 Å². The molecule has 5 aliphatic heterocycles. The normalized spacial score (nSPS) is 21.8. The van der Waals surface area contributed by atoms with E-state index in [2.05, 4.69) is 125 Å². The second kappa shape index (κ2) is 38.5. The second-order valence-corrected chi connectivity index (χ2v) is 23.2. The number of fused-ring (bicyclic) bond motifs is 3. The highest BCUT2D eigenvalue weighted by atomic mass is 16.7. The zero-order valence-electron chi connectivity index (χ0n) is 52.0. The highest BCUT2D eigenvalue weighted by Gasteiger charge is 2.49. The molecule has 7 rings (SSSR count). The van der Waals surface area contributed by atoms with Crippen LogP contribution in [0.25, 0.3) is 0 Å². The number of benzene rings is 1. The maximum Gasteiger partial charge on any atom is 0.591 e. The van der Waals surface area contributed by atoms with Crippen LogP contribution < -0.4 is 9.31 Å². The third kappa shape index (κ3) is 30.7. The van der Waals surface area contributed by atoms with Crippen LogP contribution >= 0.6 is 0 Å². The Morgan fingerprint density at radius 3 is 0.972 bits per heavy atom. The van der Waals surface area contributed by atoms with Gasteiger partial charge in [0.05, 0.1) is 22.4 Å². The number of rotatable bonds is 5. The molecule has 4 N–H and O–H groups in total. The lowest BCUT2D eigenvalue weighted by molar-refractivity contribution is 0.00578. The lowest BCUT2D eigenvalue weighted by atomic mass is 9.29. The quantitative estimate of drug-likeness (QED) is 0.211. The second-order valence-electron chi connectivity index (χ2n) is 23.2. The van der Waals surface area contributed by atoms with Crippen LogP contribution in [-0.2, 0) is 18.6 Å². The summed E-state index contributed by atoms with van der Waals surface area (Å²) < 4.78 is 32.7. The molecule has 0 spiro atoms. The molecule has 72 heavy (non-hydrogen) atoms. The van der Waals surface area contributed by atoms with Crippen LogP contribution in [0.15, 0.2) is 24.3 Å². The predicted molar refractivity (Wildman–Crippen MR) is 323 cm³/mol. The van der Waals surface area contributed by atoms with Crippen molar-refractivity contribution in [2.45, 2.75) is 301 Å². The van der Waals surface area contributed by atoms with E-state index in [1.54, 1.807) is 0 Å². The summed E-state index contributed by atoms with van der Waals surface area (Å²) in [5.41, 5.74) is -0.641. The van der Waals surface area contributed by atoms with Gasteiger partial charge in [0, 0.05) is 0 Å². The third-order valence-electron chi connectivity index (χ3n) is 15.8. The fraction of sp³-hybridized carbons (Fsp3) is 0.889. The van der Waals surface area contributed by atoms with Crippen molar-refractivity contribution in [2.24, 2.45) is 11.8 Å². The molecule has 2 atom stereocenters. The molecular formula is C54H115B8O10. The Morgan fingerprint density at radius 2 is 0.778 bits per heavy atom. The Balaban J connectivity index is -0.000000761. The Bertz CT molecular complexity index is 1310. The number of hydrogen-bond donors (Lipinski definition) is 4. The van der Waals surface area contributed by atoms with Crippen molar-refractivity contribution in [3.05, 3.63) is 24.3 Å². The first-order valence-electron chi connectivity index (χ1n) is 28.9. The van der Waals surface area contributed by atoms with Crippen molar-refractivity contribution in [1.82, 2.24) is 0 Å². The van der Waals surface area contributed by atoms with Gasteiger partial charge in [-0.05, 0) is 102 Å². The minimum Gasteiger partial charge on any atom is -0.523 e. The van der Waals surface area contributed by atoms with Crippen molar-refractivity contribution < 1.29 is 48.0 Å². The van der Waals surface area contributed by atoms with Crippen LogP contribution in [0.4, 0.5) is 0 Å². The van der Waals surface area contributed by atoms with Gasteiger partial charge >= 0.3 is 35.6 Å². The first-order chi connectivity index (χ1) is 33.2. The minimum atomic E-state index is -1.17. The molecule has 4 saturated heterocycles. The lowest BCUT2D eigenvalue weighted by Crippen LogP contribution is -2.41. The van der Waals surface area contributed by atoms with Crippen LogP contribution in [0.1, 0.15) is 195 Å². The van der Waals surface area contributed by atoms with E-state index < -0.39 is 14.2 Å². The van der Waals surface area contributed by atoms with Gasteiger partial charge in [-0.2, -0.15) is 0 Å². The topological polar surface area (TPSA) is 136 Å². The molecule has 1 aromatic rings. The van der Waals surface area contributed by atoms with Crippen LogP contribution in [0.3, 0.4) is 0 Å². The Kier molecular flexibility index (Phi) is 40.3. The summed E-state index contributed by atoms with van der Waals surface area (Å²) in [6, 6.07) is 7.66. The van der Waals surface area contributed by atoms with Crippen LogP contribution in [0.5, 0.6) is 11.5 Å². The zero-order chi connectivity index (χ0) is 56.8. The molecule has 5 fully saturated rings. The Labute approximate surface area is 451 Å². The summed E-state index contributed by atoms with van der Waals surface area (Å²) in [7, 11) is -0.230. The average Bonchev–Trinajstić information content (AvgIpc) is 3.83. The molecule has 0 amide bonds. The monoisotopic (exact) mass is 1010 g/mol. The smallest absolute Gasteiger partial charge is 0.523 e. The molecule has 1 radical (unpaired) electrons. The third-order valence-corrected chi connectivity index (χ3v) is 15.8. The summed E-state index contributed by atoms with van der Waals surface area (Å²) >= 11 is 0. The summed E-state index contributed by atoms with van der Waals surface area (Å²) in [5, 5.41) is 30.4. The van der Waals surface area contributed by atoms with Crippen molar-refractivity contribution in [2.75, 3.05) is 0 Å². The van der Waals surface area contributed by atoms with E-state index >= 15 is 0 Å². The maximum absolute atomic E-state index is 7.61. The van der Waals surface area contributed by atoms with Gasteiger partial charge in [0.2, 0.25) is 0 Å². The van der Waals surface area contributed by atoms with Gasteiger partial charge in [-0.3, -0.25) is 0 Å². The van der Waals surface area contributed by atoms with Gasteiger partial charge in [0.15, 0.2) is 0 Å². The highest BCUT2D eigenvalue weighted by molar-refractivity contribution is 6.61. The first-order valence-corrected chi connectivity index (χ1v) is 28.9. The summed E-state index contributed by atoms with van der Waals surface area (Å²) in [5.74, 6) is 8.22. The largest absolute Gasteiger partial charge is 0.591 e. The van der Waals surface area contributed by atoms with Gasteiger partial charge < -0.3 is 48.0 Å². The molecule has 2 bridgehead atoms. The molecule has 18 heteroatoms. The molecule has 0 aromatic heterocycles. The van der Waals surface area contributed by atoms with Crippen LogP contribution in [0.2, 0.25) is 83.7 Å². The summed E-state index contributed by atoms with van der Waals surface area (Å²) in [6.07, 6.45) is 16.5. The molecule has 2 unspecified atom stereocenters. The van der Waals surface area contributed by atoms with Gasteiger partial charge in [0.25, 0.3) is 0 Å². The molecule has 10 nitrogen and oxygen atoms in total. The Hall–Kier alpha value is -0.981. The van der Waals surface area contributed by atoms with E-state index in [0.717, 1.165) is 65.8 Å². The summed E-state index contributed by atoms with van der Waals surface area (Å²) in [6.45, 7) is 55.8. The fourth-order valence-electron chi connectivity index (χ4n) is 9.47. The molecule has 5 heterocycles. The molecule has 6 aliphatic rings. The minimum absolute atomic E-state index is 0.0648. The first kappa shape index (κ1) is 75.3. The van der Waals surface area contributed by atoms with Crippen molar-refractivity contribution in [3.8, 4) is 11.5 Å². The van der Waals surface area contributed by atoms with E-state index in [1.807, 2.05) is 72.4 Å². The van der Waals surface area contributed by atoms with Gasteiger partial charge in [-0.1, -0.05) is 213 Å². The van der Waals surface area contributed by atoms with Gasteiger partial charge in [-0.15, -0.1) is 0 Å². The molecule has 415 valence electrons. The van der Waals surface area contributed by atoms with E-state index in [9.17, 15) is 0 Å². The maximum atomic E-state index is 7.61. The average molecular weight is 1010 g/mol. The van der Waals surface area contributed by atoms with Crippen LogP contribution in [-0.4, -0.2) is 98.8 Å². The predicted octanol–water partition coefficient (Wildman–Crippen LogP) is 15.1. The standard InChI is InChI=1S/C11H25B.C9H17B.C7H7BO2.2C7H15BO2.C7H14B.2C2H6.2CH5BO2/c1-8(2)10(5)12(7)11(6)9(3)4;1-10-8-4-2-5-9(10)7-3-6-8;1-8-9-6-4-2-3-5-7(6)10-8;2*1-6(2)7(3,4)10-8(5)9-6;1-8-7-5-3-2-4-6-7;2*1-2;2*1-2(3)4/h8-11H,1-7H3;8-9H,2-7H2,1H3;2-5H,1H3;2*1-5H3;7H,2-6H2,1H3;2*1-2H3;2*3-4H,1H3. The van der Waals surface area contributed by atoms with Gasteiger partial charge in [-0.25, -0.2) is 0 Å². The van der Waals surface area contributed by atoms with Crippen molar-refractivity contribution >= 4 is 56.3 Å². The Morgan fingerprint density at radius 1 is 0.500 bits per heavy atom. The van der Waals surface area contributed by atoms with E-state index in [4.69, 9.17) is 48.0 Å². The summed E-state index contributed by atoms with van der Waals surface area (Å²) in [4.78, 5) is 0. The number of hydrogen-bond acceptors (Lipinski definition) is 10. The molecular weight excluding hydrogens is 895 g/mol.